The number of ether oxygens (including phenoxy) is 2. The van der Waals surface area contributed by atoms with Gasteiger partial charge in [-0.1, -0.05) is 84.0 Å². The zero-order valence-corrected chi connectivity index (χ0v) is 16.5. The molecule has 0 aromatic rings. The molecule has 0 N–H and O–H groups in total. The molecule has 0 rings (SSSR count). The van der Waals surface area contributed by atoms with Crippen molar-refractivity contribution in [1.82, 2.24) is 0 Å². The van der Waals surface area contributed by atoms with Crippen LogP contribution < -0.4 is 0 Å². The SMILES string of the molecule is CCCCCCCCCCCCCCCC(=O)OCCCOCC. The van der Waals surface area contributed by atoms with Gasteiger partial charge in [0.15, 0.2) is 0 Å². The standard InChI is InChI=1S/C21H42O3/c1-3-5-6-7-8-9-10-11-12-13-14-15-16-18-21(22)24-20-17-19-23-4-2/h3-20H2,1-2H3. The highest BCUT2D eigenvalue weighted by atomic mass is 16.5. The van der Waals surface area contributed by atoms with E-state index in [2.05, 4.69) is 6.92 Å². The average molecular weight is 343 g/mol. The first kappa shape index (κ1) is 23.4. The molecule has 0 aliphatic carbocycles. The topological polar surface area (TPSA) is 35.5 Å². The minimum atomic E-state index is -0.0467. The molecule has 3 heteroatoms. The van der Waals surface area contributed by atoms with Gasteiger partial charge in [0, 0.05) is 26.1 Å². The molecule has 0 unspecified atom stereocenters. The summed E-state index contributed by atoms with van der Waals surface area (Å²) in [5, 5.41) is 0. The number of esters is 1. The van der Waals surface area contributed by atoms with E-state index < -0.39 is 0 Å². The van der Waals surface area contributed by atoms with E-state index in [0.29, 0.717) is 19.6 Å². The summed E-state index contributed by atoms with van der Waals surface area (Å²) in [6, 6.07) is 0. The van der Waals surface area contributed by atoms with Crippen LogP contribution in [0.25, 0.3) is 0 Å². The van der Waals surface area contributed by atoms with Crippen LogP contribution in [0.15, 0.2) is 0 Å². The molecule has 0 aromatic heterocycles. The minimum Gasteiger partial charge on any atom is -0.466 e. The van der Waals surface area contributed by atoms with Gasteiger partial charge in [-0.3, -0.25) is 4.79 Å². The van der Waals surface area contributed by atoms with E-state index in [1.165, 1.54) is 70.6 Å². The third kappa shape index (κ3) is 19.5. The first-order valence-corrected chi connectivity index (χ1v) is 10.5. The Morgan fingerprint density at radius 3 is 1.62 bits per heavy atom. The van der Waals surface area contributed by atoms with Crippen molar-refractivity contribution in [3.8, 4) is 0 Å². The monoisotopic (exact) mass is 342 g/mol. The van der Waals surface area contributed by atoms with Gasteiger partial charge in [-0.05, 0) is 13.3 Å². The summed E-state index contributed by atoms with van der Waals surface area (Å²) in [5.74, 6) is -0.0467. The maximum absolute atomic E-state index is 11.5. The normalized spacial score (nSPS) is 10.9. The second kappa shape index (κ2) is 20.5. The molecule has 3 nitrogen and oxygen atoms in total. The molecule has 0 radical (unpaired) electrons. The lowest BCUT2D eigenvalue weighted by Gasteiger charge is -2.05. The van der Waals surface area contributed by atoms with E-state index in [1.54, 1.807) is 0 Å². The summed E-state index contributed by atoms with van der Waals surface area (Å²) in [7, 11) is 0. The molecule has 0 aliphatic rings. The van der Waals surface area contributed by atoms with Gasteiger partial charge in [-0.15, -0.1) is 0 Å². The highest BCUT2D eigenvalue weighted by Crippen LogP contribution is 2.13. The van der Waals surface area contributed by atoms with E-state index in [1.807, 2.05) is 6.92 Å². The van der Waals surface area contributed by atoms with Crippen molar-refractivity contribution in [2.45, 2.75) is 110 Å². The summed E-state index contributed by atoms with van der Waals surface area (Å²) in [6.45, 7) is 6.15. The lowest BCUT2D eigenvalue weighted by atomic mass is 10.0. The predicted molar refractivity (Wildman–Crippen MR) is 102 cm³/mol. The van der Waals surface area contributed by atoms with Crippen LogP contribution in [0, 0.1) is 0 Å². The summed E-state index contributed by atoms with van der Waals surface area (Å²) in [6.07, 6.45) is 18.7. The Balaban J connectivity index is 3.10. The fraction of sp³-hybridized carbons (Fsp3) is 0.952. The molecule has 144 valence electrons. The summed E-state index contributed by atoms with van der Waals surface area (Å²) >= 11 is 0. The van der Waals surface area contributed by atoms with E-state index >= 15 is 0 Å². The molecule has 0 spiro atoms. The Labute approximate surface area is 150 Å². The van der Waals surface area contributed by atoms with E-state index in [0.717, 1.165) is 25.9 Å². The van der Waals surface area contributed by atoms with E-state index in [-0.39, 0.29) is 5.97 Å². The minimum absolute atomic E-state index is 0.0467. The lowest BCUT2D eigenvalue weighted by Crippen LogP contribution is -2.07. The van der Waals surface area contributed by atoms with Crippen LogP contribution in [0.4, 0.5) is 0 Å². The zero-order chi connectivity index (χ0) is 17.7. The van der Waals surface area contributed by atoms with Crippen molar-refractivity contribution in [2.24, 2.45) is 0 Å². The van der Waals surface area contributed by atoms with Crippen LogP contribution in [-0.4, -0.2) is 25.8 Å². The van der Waals surface area contributed by atoms with Crippen molar-refractivity contribution < 1.29 is 14.3 Å². The number of carbonyl (C=O) groups excluding carboxylic acids is 1. The summed E-state index contributed by atoms with van der Waals surface area (Å²) in [4.78, 5) is 11.5. The highest BCUT2D eigenvalue weighted by molar-refractivity contribution is 5.69. The molecule has 0 atom stereocenters. The molecule has 0 fully saturated rings. The summed E-state index contributed by atoms with van der Waals surface area (Å²) in [5.41, 5.74) is 0. The Hall–Kier alpha value is -0.570. The first-order valence-electron chi connectivity index (χ1n) is 10.5. The predicted octanol–water partition coefficient (Wildman–Crippen LogP) is 6.44. The second-order valence-corrected chi connectivity index (χ2v) is 6.76. The molecule has 0 aromatic carbocycles. The maximum Gasteiger partial charge on any atom is 0.305 e. The van der Waals surface area contributed by atoms with Crippen molar-refractivity contribution in [3.63, 3.8) is 0 Å². The van der Waals surface area contributed by atoms with Crippen LogP contribution in [0.2, 0.25) is 0 Å². The van der Waals surface area contributed by atoms with Gasteiger partial charge in [0.2, 0.25) is 0 Å². The fourth-order valence-corrected chi connectivity index (χ4v) is 2.85. The van der Waals surface area contributed by atoms with Crippen LogP contribution in [-0.2, 0) is 14.3 Å². The van der Waals surface area contributed by atoms with Crippen LogP contribution in [0.5, 0.6) is 0 Å². The maximum atomic E-state index is 11.5. The lowest BCUT2D eigenvalue weighted by molar-refractivity contribution is -0.144. The van der Waals surface area contributed by atoms with Crippen molar-refractivity contribution in [1.29, 1.82) is 0 Å². The number of hydrogen-bond acceptors (Lipinski definition) is 3. The molecule has 24 heavy (non-hydrogen) atoms. The number of carbonyl (C=O) groups is 1. The average Bonchev–Trinajstić information content (AvgIpc) is 2.59. The Morgan fingerprint density at radius 2 is 1.12 bits per heavy atom. The Kier molecular flexibility index (Phi) is 20.0. The zero-order valence-electron chi connectivity index (χ0n) is 16.5. The largest absolute Gasteiger partial charge is 0.466 e. The summed E-state index contributed by atoms with van der Waals surface area (Å²) < 4.78 is 10.4. The van der Waals surface area contributed by atoms with Gasteiger partial charge in [0.25, 0.3) is 0 Å². The molecule has 0 bridgehead atoms. The van der Waals surface area contributed by atoms with Gasteiger partial charge in [-0.25, -0.2) is 0 Å². The van der Waals surface area contributed by atoms with Crippen molar-refractivity contribution >= 4 is 5.97 Å². The molecular weight excluding hydrogens is 300 g/mol. The quantitative estimate of drug-likeness (QED) is 0.200. The van der Waals surface area contributed by atoms with Crippen LogP contribution >= 0.6 is 0 Å². The van der Waals surface area contributed by atoms with Crippen molar-refractivity contribution in [2.75, 3.05) is 19.8 Å². The van der Waals surface area contributed by atoms with Crippen LogP contribution in [0.1, 0.15) is 110 Å². The van der Waals surface area contributed by atoms with Crippen molar-refractivity contribution in [3.05, 3.63) is 0 Å². The smallest absolute Gasteiger partial charge is 0.305 e. The highest BCUT2D eigenvalue weighted by Gasteiger charge is 2.02. The molecule has 0 saturated heterocycles. The molecular formula is C21H42O3. The molecule has 0 heterocycles. The van der Waals surface area contributed by atoms with Gasteiger partial charge >= 0.3 is 5.97 Å². The Morgan fingerprint density at radius 1 is 0.625 bits per heavy atom. The third-order valence-corrected chi connectivity index (χ3v) is 4.38. The van der Waals surface area contributed by atoms with Gasteiger partial charge in [0.1, 0.15) is 0 Å². The van der Waals surface area contributed by atoms with Crippen LogP contribution in [0.3, 0.4) is 0 Å². The molecule has 0 aliphatic heterocycles. The fourth-order valence-electron chi connectivity index (χ4n) is 2.85. The number of rotatable bonds is 19. The molecule has 0 amide bonds. The first-order chi connectivity index (χ1) is 11.8. The van der Waals surface area contributed by atoms with Gasteiger partial charge in [0.05, 0.1) is 6.61 Å². The number of unbranched alkanes of at least 4 members (excludes halogenated alkanes) is 12. The third-order valence-electron chi connectivity index (χ3n) is 4.38. The van der Waals surface area contributed by atoms with E-state index in [9.17, 15) is 4.79 Å². The second-order valence-electron chi connectivity index (χ2n) is 6.76. The number of hydrogen-bond donors (Lipinski definition) is 0. The van der Waals surface area contributed by atoms with E-state index in [4.69, 9.17) is 9.47 Å². The molecule has 0 saturated carbocycles. The van der Waals surface area contributed by atoms with Gasteiger partial charge < -0.3 is 9.47 Å². The van der Waals surface area contributed by atoms with Gasteiger partial charge in [-0.2, -0.15) is 0 Å². The Bertz CT molecular complexity index is 253.